The largest absolute Gasteiger partial charge is 0.490 e. The number of carbonyl (C=O) groups excluding carboxylic acids is 2. The Morgan fingerprint density at radius 2 is 2.08 bits per heavy atom. The molecule has 0 aromatic heterocycles. The van der Waals surface area contributed by atoms with E-state index in [1.54, 1.807) is 6.07 Å². The Balaban J connectivity index is 1.70. The molecule has 1 aromatic rings. The lowest BCUT2D eigenvalue weighted by molar-refractivity contribution is 0.0519. The van der Waals surface area contributed by atoms with Gasteiger partial charge in [0.1, 0.15) is 18.0 Å². The van der Waals surface area contributed by atoms with Gasteiger partial charge >= 0.3 is 12.1 Å². The lowest BCUT2D eigenvalue weighted by Gasteiger charge is -2.20. The van der Waals surface area contributed by atoms with Crippen molar-refractivity contribution in [1.82, 2.24) is 5.32 Å². The number of carbonyl (C=O) groups is 2. The highest BCUT2D eigenvalue weighted by Gasteiger charge is 2.21. The topological polar surface area (TPSA) is 73.9 Å². The van der Waals surface area contributed by atoms with Gasteiger partial charge < -0.3 is 19.5 Å². The molecule has 1 unspecified atom stereocenters. The van der Waals surface area contributed by atoms with Crippen molar-refractivity contribution in [3.05, 3.63) is 29.3 Å². The van der Waals surface area contributed by atoms with Crippen LogP contribution in [0.3, 0.4) is 0 Å². The van der Waals surface area contributed by atoms with Gasteiger partial charge in [0.2, 0.25) is 0 Å². The van der Waals surface area contributed by atoms with Crippen molar-refractivity contribution in [2.24, 2.45) is 0 Å². The molecule has 0 aliphatic carbocycles. The third-order valence-corrected chi connectivity index (χ3v) is 4.03. The molecule has 1 amide bonds. The Morgan fingerprint density at radius 3 is 2.77 bits per heavy atom. The average Bonchev–Trinajstić information content (AvgIpc) is 2.92. The van der Waals surface area contributed by atoms with E-state index in [-0.39, 0.29) is 18.2 Å². The van der Waals surface area contributed by atoms with Gasteiger partial charge in [-0.1, -0.05) is 6.92 Å². The lowest BCUT2D eigenvalue weighted by atomic mass is 10.1. The zero-order valence-electron chi connectivity index (χ0n) is 16.1. The number of alkyl carbamates (subject to hydrolysis) is 1. The van der Waals surface area contributed by atoms with Crippen molar-refractivity contribution in [3.8, 4) is 5.75 Å². The monoisotopic (exact) mass is 363 g/mol. The molecule has 144 valence electrons. The Labute approximate surface area is 155 Å². The second-order valence-electron chi connectivity index (χ2n) is 7.47. The summed E-state index contributed by atoms with van der Waals surface area (Å²) in [5.41, 5.74) is 1.03. The van der Waals surface area contributed by atoms with Crippen molar-refractivity contribution >= 4 is 12.1 Å². The Bertz CT molecular complexity index is 636. The summed E-state index contributed by atoms with van der Waals surface area (Å²) >= 11 is 0. The van der Waals surface area contributed by atoms with Gasteiger partial charge in [0.05, 0.1) is 11.7 Å². The molecule has 1 N–H and O–H groups in total. The number of cyclic esters (lactones) is 1. The number of fused-ring (bicyclic) bond motifs is 1. The molecule has 0 bridgehead atoms. The van der Waals surface area contributed by atoms with Gasteiger partial charge in [-0.25, -0.2) is 9.59 Å². The number of nitrogens with one attached hydrogen (secondary N) is 1. The SMILES string of the molecule is CCC(CCCCNC(=O)OC(C)(C)C)Oc1ccc2c(c1)COC2=O. The first-order valence-corrected chi connectivity index (χ1v) is 9.22. The van der Waals surface area contributed by atoms with Crippen LogP contribution in [-0.4, -0.2) is 30.3 Å². The molecule has 0 saturated carbocycles. The Hall–Kier alpha value is -2.24. The van der Waals surface area contributed by atoms with Crippen molar-refractivity contribution in [3.63, 3.8) is 0 Å². The smallest absolute Gasteiger partial charge is 0.407 e. The summed E-state index contributed by atoms with van der Waals surface area (Å²) in [5, 5.41) is 2.77. The fourth-order valence-electron chi connectivity index (χ4n) is 2.72. The van der Waals surface area contributed by atoms with Crippen molar-refractivity contribution in [1.29, 1.82) is 0 Å². The van der Waals surface area contributed by atoms with E-state index in [4.69, 9.17) is 14.2 Å². The first-order valence-electron chi connectivity index (χ1n) is 9.22. The third kappa shape index (κ3) is 6.24. The molecule has 1 aliphatic heterocycles. The molecule has 0 fully saturated rings. The van der Waals surface area contributed by atoms with Crippen LogP contribution in [0, 0.1) is 0 Å². The molecule has 1 atom stereocenters. The van der Waals surface area contributed by atoms with Crippen LogP contribution in [0.15, 0.2) is 18.2 Å². The van der Waals surface area contributed by atoms with E-state index in [2.05, 4.69) is 12.2 Å². The zero-order chi connectivity index (χ0) is 19.2. The predicted octanol–water partition coefficient (Wildman–Crippen LogP) is 4.21. The molecular weight excluding hydrogens is 334 g/mol. The number of ether oxygens (including phenoxy) is 3. The van der Waals surface area contributed by atoms with E-state index >= 15 is 0 Å². The van der Waals surface area contributed by atoms with Crippen molar-refractivity contribution < 1.29 is 23.8 Å². The van der Waals surface area contributed by atoms with E-state index < -0.39 is 5.60 Å². The molecule has 1 aromatic carbocycles. The first-order chi connectivity index (χ1) is 12.3. The number of unbranched alkanes of at least 4 members (excludes halogenated alkanes) is 1. The molecule has 0 saturated heterocycles. The molecule has 6 nitrogen and oxygen atoms in total. The highest BCUT2D eigenvalue weighted by atomic mass is 16.6. The molecule has 0 spiro atoms. The highest BCUT2D eigenvalue weighted by molar-refractivity contribution is 5.93. The fourth-order valence-corrected chi connectivity index (χ4v) is 2.72. The Kier molecular flexibility index (Phi) is 6.89. The minimum Gasteiger partial charge on any atom is -0.490 e. The molecule has 26 heavy (non-hydrogen) atoms. The maximum Gasteiger partial charge on any atom is 0.407 e. The minimum atomic E-state index is -0.475. The van der Waals surface area contributed by atoms with E-state index in [9.17, 15) is 9.59 Å². The highest BCUT2D eigenvalue weighted by Crippen LogP contribution is 2.26. The van der Waals surface area contributed by atoms with Gasteiger partial charge in [-0.15, -0.1) is 0 Å². The molecule has 0 radical (unpaired) electrons. The predicted molar refractivity (Wildman–Crippen MR) is 98.4 cm³/mol. The van der Waals surface area contributed by atoms with Gasteiger partial charge in [-0.05, 0) is 64.7 Å². The summed E-state index contributed by atoms with van der Waals surface area (Å²) in [7, 11) is 0. The standard InChI is InChI=1S/C20H29NO5/c1-5-15(8-6-7-11-21-19(23)26-20(2,3)4)25-16-9-10-17-14(12-16)13-24-18(17)22/h9-10,12,15H,5-8,11,13H2,1-4H3,(H,21,23). The van der Waals surface area contributed by atoms with E-state index in [0.717, 1.165) is 37.0 Å². The number of rotatable bonds is 8. The number of amides is 1. The molecule has 1 aliphatic rings. The number of hydrogen-bond donors (Lipinski definition) is 1. The lowest BCUT2D eigenvalue weighted by Crippen LogP contribution is -2.33. The molecule has 1 heterocycles. The summed E-state index contributed by atoms with van der Waals surface area (Å²) in [5.74, 6) is 0.497. The average molecular weight is 363 g/mol. The number of hydrogen-bond acceptors (Lipinski definition) is 5. The van der Waals surface area contributed by atoms with Gasteiger partial charge in [0.25, 0.3) is 0 Å². The van der Waals surface area contributed by atoms with Crippen LogP contribution in [0.25, 0.3) is 0 Å². The fraction of sp³-hybridized carbons (Fsp3) is 0.600. The van der Waals surface area contributed by atoms with Crippen LogP contribution < -0.4 is 10.1 Å². The molecule has 2 rings (SSSR count). The van der Waals surface area contributed by atoms with E-state index in [0.29, 0.717) is 18.7 Å². The Morgan fingerprint density at radius 1 is 1.31 bits per heavy atom. The second-order valence-corrected chi connectivity index (χ2v) is 7.47. The van der Waals surface area contributed by atoms with Crippen LogP contribution >= 0.6 is 0 Å². The van der Waals surface area contributed by atoms with Crippen LogP contribution in [0.4, 0.5) is 4.79 Å². The molecular formula is C20H29NO5. The quantitative estimate of drug-likeness (QED) is 0.553. The van der Waals surface area contributed by atoms with Crippen LogP contribution in [0.1, 0.15) is 69.3 Å². The van der Waals surface area contributed by atoms with Crippen LogP contribution in [0.2, 0.25) is 0 Å². The van der Waals surface area contributed by atoms with Crippen molar-refractivity contribution in [2.75, 3.05) is 6.54 Å². The maximum atomic E-state index is 11.6. The number of esters is 1. The van der Waals surface area contributed by atoms with Crippen LogP contribution in [0.5, 0.6) is 5.75 Å². The summed E-state index contributed by atoms with van der Waals surface area (Å²) < 4.78 is 16.3. The van der Waals surface area contributed by atoms with E-state index in [1.165, 1.54) is 0 Å². The van der Waals surface area contributed by atoms with Gasteiger partial charge in [-0.3, -0.25) is 0 Å². The summed E-state index contributed by atoms with van der Waals surface area (Å²) in [6.45, 7) is 8.52. The zero-order valence-corrected chi connectivity index (χ0v) is 16.1. The summed E-state index contributed by atoms with van der Waals surface area (Å²) in [4.78, 5) is 23.1. The second kappa shape index (κ2) is 8.92. The van der Waals surface area contributed by atoms with Gasteiger partial charge in [-0.2, -0.15) is 0 Å². The third-order valence-electron chi connectivity index (χ3n) is 4.03. The number of benzene rings is 1. The van der Waals surface area contributed by atoms with Crippen molar-refractivity contribution in [2.45, 2.75) is 71.7 Å². The maximum absolute atomic E-state index is 11.6. The van der Waals surface area contributed by atoms with Gasteiger partial charge in [0.15, 0.2) is 0 Å². The minimum absolute atomic E-state index is 0.104. The normalized spacial score (nSPS) is 14.4. The van der Waals surface area contributed by atoms with Crippen LogP contribution in [-0.2, 0) is 16.1 Å². The van der Waals surface area contributed by atoms with Gasteiger partial charge in [0, 0.05) is 12.1 Å². The summed E-state index contributed by atoms with van der Waals surface area (Å²) in [6, 6.07) is 5.46. The van der Waals surface area contributed by atoms with E-state index in [1.807, 2.05) is 32.9 Å². The summed E-state index contributed by atoms with van der Waals surface area (Å²) in [6.07, 6.45) is 3.33. The molecule has 6 heteroatoms. The first kappa shape index (κ1) is 20.1.